The molecule has 1 saturated carbocycles. The summed E-state index contributed by atoms with van der Waals surface area (Å²) in [7, 11) is 0. The van der Waals surface area contributed by atoms with Crippen LogP contribution in [0.1, 0.15) is 64.0 Å². The summed E-state index contributed by atoms with van der Waals surface area (Å²) in [5.74, 6) is 0.927. The Morgan fingerprint density at radius 2 is 2.00 bits per heavy atom. The van der Waals surface area contributed by atoms with E-state index in [-0.39, 0.29) is 6.04 Å². The van der Waals surface area contributed by atoms with Gasteiger partial charge < -0.3 is 5.32 Å². The Morgan fingerprint density at radius 1 is 1.20 bits per heavy atom. The van der Waals surface area contributed by atoms with Gasteiger partial charge in [-0.05, 0) is 49.8 Å². The molecule has 20 heavy (non-hydrogen) atoms. The van der Waals surface area contributed by atoms with Crippen molar-refractivity contribution in [3.63, 3.8) is 0 Å². The summed E-state index contributed by atoms with van der Waals surface area (Å²) >= 11 is 12.3. The van der Waals surface area contributed by atoms with Gasteiger partial charge >= 0.3 is 0 Å². The van der Waals surface area contributed by atoms with Gasteiger partial charge in [0.15, 0.2) is 0 Å². The molecule has 0 bridgehead atoms. The van der Waals surface area contributed by atoms with Crippen LogP contribution in [-0.4, -0.2) is 6.04 Å². The third-order valence-corrected chi connectivity index (χ3v) is 5.14. The SMILES string of the molecule is CCC1CCCC(NC(C)c2ccc(Cl)cc2Cl)CC1. The highest BCUT2D eigenvalue weighted by molar-refractivity contribution is 6.35. The quantitative estimate of drug-likeness (QED) is 0.672. The minimum Gasteiger partial charge on any atom is -0.307 e. The molecule has 3 atom stereocenters. The molecule has 2 rings (SSSR count). The second-order valence-corrected chi connectivity index (χ2v) is 6.88. The van der Waals surface area contributed by atoms with E-state index >= 15 is 0 Å². The highest BCUT2D eigenvalue weighted by Crippen LogP contribution is 2.29. The zero-order chi connectivity index (χ0) is 14.5. The number of hydrogen-bond donors (Lipinski definition) is 1. The Balaban J connectivity index is 1.95. The van der Waals surface area contributed by atoms with Crippen molar-refractivity contribution < 1.29 is 0 Å². The Morgan fingerprint density at radius 3 is 2.70 bits per heavy atom. The van der Waals surface area contributed by atoms with E-state index in [0.29, 0.717) is 11.1 Å². The van der Waals surface area contributed by atoms with Crippen molar-refractivity contribution in [1.29, 1.82) is 0 Å². The van der Waals surface area contributed by atoms with E-state index < -0.39 is 0 Å². The fourth-order valence-electron chi connectivity index (χ4n) is 3.25. The molecule has 0 aliphatic heterocycles. The average molecular weight is 314 g/mol. The van der Waals surface area contributed by atoms with Crippen LogP contribution in [0.3, 0.4) is 0 Å². The zero-order valence-electron chi connectivity index (χ0n) is 12.5. The van der Waals surface area contributed by atoms with E-state index in [1.165, 1.54) is 38.5 Å². The van der Waals surface area contributed by atoms with Crippen LogP contribution in [-0.2, 0) is 0 Å². The van der Waals surface area contributed by atoms with Gasteiger partial charge in [0.2, 0.25) is 0 Å². The first-order chi connectivity index (χ1) is 9.60. The van der Waals surface area contributed by atoms with Crippen LogP contribution in [0, 0.1) is 5.92 Å². The molecule has 0 radical (unpaired) electrons. The second kappa shape index (κ2) is 7.68. The van der Waals surface area contributed by atoms with Gasteiger partial charge in [0, 0.05) is 22.1 Å². The number of rotatable bonds is 4. The molecule has 1 fully saturated rings. The van der Waals surface area contributed by atoms with Crippen LogP contribution in [0.15, 0.2) is 18.2 Å². The molecule has 112 valence electrons. The third kappa shape index (κ3) is 4.38. The van der Waals surface area contributed by atoms with Gasteiger partial charge in [0.1, 0.15) is 0 Å². The summed E-state index contributed by atoms with van der Waals surface area (Å²) in [5.41, 5.74) is 1.15. The molecule has 1 aromatic rings. The lowest BCUT2D eigenvalue weighted by Crippen LogP contribution is -2.31. The van der Waals surface area contributed by atoms with Crippen LogP contribution in [0.4, 0.5) is 0 Å². The van der Waals surface area contributed by atoms with Crippen LogP contribution in [0.25, 0.3) is 0 Å². The van der Waals surface area contributed by atoms with E-state index in [4.69, 9.17) is 23.2 Å². The first kappa shape index (κ1) is 16.1. The van der Waals surface area contributed by atoms with Crippen LogP contribution < -0.4 is 5.32 Å². The summed E-state index contributed by atoms with van der Waals surface area (Å²) < 4.78 is 0. The molecule has 1 aliphatic carbocycles. The van der Waals surface area contributed by atoms with Gasteiger partial charge in [-0.1, -0.05) is 55.5 Å². The maximum Gasteiger partial charge on any atom is 0.0468 e. The highest BCUT2D eigenvalue weighted by atomic mass is 35.5. The van der Waals surface area contributed by atoms with Gasteiger partial charge in [-0.2, -0.15) is 0 Å². The average Bonchev–Trinajstić information content (AvgIpc) is 2.63. The molecule has 0 aromatic heterocycles. The highest BCUT2D eigenvalue weighted by Gasteiger charge is 2.20. The van der Waals surface area contributed by atoms with Gasteiger partial charge in [-0.15, -0.1) is 0 Å². The van der Waals surface area contributed by atoms with E-state index in [1.807, 2.05) is 18.2 Å². The molecule has 0 spiro atoms. The van der Waals surface area contributed by atoms with Gasteiger partial charge in [-0.3, -0.25) is 0 Å². The first-order valence-corrected chi connectivity index (χ1v) is 8.56. The van der Waals surface area contributed by atoms with Crippen molar-refractivity contribution in [2.24, 2.45) is 5.92 Å². The minimum atomic E-state index is 0.281. The number of benzene rings is 1. The predicted octanol–water partition coefficient (Wildman–Crippen LogP) is 6.00. The molecule has 1 N–H and O–H groups in total. The Hall–Kier alpha value is -0.240. The van der Waals surface area contributed by atoms with E-state index in [9.17, 15) is 0 Å². The van der Waals surface area contributed by atoms with Crippen molar-refractivity contribution in [1.82, 2.24) is 5.32 Å². The van der Waals surface area contributed by atoms with Crippen molar-refractivity contribution >= 4 is 23.2 Å². The number of hydrogen-bond acceptors (Lipinski definition) is 1. The molecule has 1 aliphatic rings. The topological polar surface area (TPSA) is 12.0 Å². The summed E-state index contributed by atoms with van der Waals surface area (Å²) in [4.78, 5) is 0. The molecule has 0 heterocycles. The molecular weight excluding hydrogens is 289 g/mol. The smallest absolute Gasteiger partial charge is 0.0468 e. The van der Waals surface area contributed by atoms with Crippen molar-refractivity contribution in [3.05, 3.63) is 33.8 Å². The first-order valence-electron chi connectivity index (χ1n) is 7.81. The van der Waals surface area contributed by atoms with Crippen molar-refractivity contribution in [2.45, 2.75) is 64.5 Å². The monoisotopic (exact) mass is 313 g/mol. The molecule has 1 aromatic carbocycles. The van der Waals surface area contributed by atoms with Crippen LogP contribution >= 0.6 is 23.2 Å². The zero-order valence-corrected chi connectivity index (χ0v) is 14.0. The van der Waals surface area contributed by atoms with Crippen molar-refractivity contribution in [3.8, 4) is 0 Å². The second-order valence-electron chi connectivity index (χ2n) is 6.03. The fourth-order valence-corrected chi connectivity index (χ4v) is 3.82. The van der Waals surface area contributed by atoms with Gasteiger partial charge in [0.05, 0.1) is 0 Å². The molecule has 1 nitrogen and oxygen atoms in total. The standard InChI is InChI=1S/C17H25Cl2N/c1-3-13-5-4-6-15(9-7-13)20-12(2)16-10-8-14(18)11-17(16)19/h8,10-13,15,20H,3-7,9H2,1-2H3. The lowest BCUT2D eigenvalue weighted by molar-refractivity contribution is 0.400. The normalized spacial score (nSPS) is 25.2. The van der Waals surface area contributed by atoms with Crippen LogP contribution in [0.2, 0.25) is 10.0 Å². The Labute approximate surface area is 133 Å². The maximum atomic E-state index is 6.30. The van der Waals surface area contributed by atoms with E-state index in [1.54, 1.807) is 0 Å². The summed E-state index contributed by atoms with van der Waals surface area (Å²) in [5, 5.41) is 5.21. The summed E-state index contributed by atoms with van der Waals surface area (Å²) in [6.45, 7) is 4.51. The van der Waals surface area contributed by atoms with E-state index in [2.05, 4.69) is 19.2 Å². The predicted molar refractivity (Wildman–Crippen MR) is 88.7 cm³/mol. The number of nitrogens with one attached hydrogen (secondary N) is 1. The maximum absolute atomic E-state index is 6.30. The molecular formula is C17H25Cl2N. The molecule has 3 heteroatoms. The fraction of sp³-hybridized carbons (Fsp3) is 0.647. The lowest BCUT2D eigenvalue weighted by atomic mass is 9.97. The van der Waals surface area contributed by atoms with Crippen LogP contribution in [0.5, 0.6) is 0 Å². The van der Waals surface area contributed by atoms with E-state index in [0.717, 1.165) is 16.5 Å². The third-order valence-electron chi connectivity index (χ3n) is 4.58. The Bertz CT molecular complexity index is 433. The summed E-state index contributed by atoms with van der Waals surface area (Å²) in [6.07, 6.45) is 7.99. The number of halogens is 2. The largest absolute Gasteiger partial charge is 0.307 e. The van der Waals surface area contributed by atoms with Gasteiger partial charge in [0.25, 0.3) is 0 Å². The summed E-state index contributed by atoms with van der Waals surface area (Å²) in [6, 6.07) is 6.68. The van der Waals surface area contributed by atoms with Gasteiger partial charge in [-0.25, -0.2) is 0 Å². The molecule has 3 unspecified atom stereocenters. The Kier molecular flexibility index (Phi) is 6.20. The van der Waals surface area contributed by atoms with Crippen molar-refractivity contribution in [2.75, 3.05) is 0 Å². The lowest BCUT2D eigenvalue weighted by Gasteiger charge is -2.23. The molecule has 0 amide bonds. The molecule has 0 saturated heterocycles. The minimum absolute atomic E-state index is 0.281.